The zero-order valence-electron chi connectivity index (χ0n) is 17.9. The van der Waals surface area contributed by atoms with Crippen LogP contribution in [0.15, 0.2) is 66.3 Å². The lowest BCUT2D eigenvalue weighted by Crippen LogP contribution is -2.25. The minimum atomic E-state index is -0.184. The van der Waals surface area contributed by atoms with Crippen molar-refractivity contribution < 1.29 is 9.59 Å². The molecule has 2 aromatic heterocycles. The first-order valence-electron chi connectivity index (χ1n) is 10.2. The van der Waals surface area contributed by atoms with E-state index in [1.807, 2.05) is 54.0 Å². The third-order valence-corrected chi connectivity index (χ3v) is 6.58. The number of aromatic nitrogens is 4. The van der Waals surface area contributed by atoms with E-state index in [0.29, 0.717) is 28.2 Å². The third kappa shape index (κ3) is 5.65. The van der Waals surface area contributed by atoms with Crippen molar-refractivity contribution in [3.63, 3.8) is 0 Å². The van der Waals surface area contributed by atoms with Crippen LogP contribution in [0.4, 0.5) is 5.13 Å². The van der Waals surface area contributed by atoms with Crippen LogP contribution >= 0.6 is 23.1 Å². The van der Waals surface area contributed by atoms with Crippen molar-refractivity contribution in [1.82, 2.24) is 25.1 Å². The maximum absolute atomic E-state index is 12.4. The summed E-state index contributed by atoms with van der Waals surface area (Å²) in [6, 6.07) is 15.1. The number of carbonyl (C=O) groups is 2. The van der Waals surface area contributed by atoms with Gasteiger partial charge < -0.3 is 15.2 Å². The molecular weight excluding hydrogens is 456 g/mol. The van der Waals surface area contributed by atoms with Crippen molar-refractivity contribution in [3.8, 4) is 0 Å². The Labute approximate surface area is 199 Å². The van der Waals surface area contributed by atoms with Gasteiger partial charge in [0.25, 0.3) is 5.91 Å². The molecule has 2 heterocycles. The molecule has 2 aromatic carbocycles. The van der Waals surface area contributed by atoms with Crippen LogP contribution in [0.5, 0.6) is 0 Å². The van der Waals surface area contributed by atoms with E-state index >= 15 is 0 Å². The second kappa shape index (κ2) is 10.4. The number of fused-ring (bicyclic) bond motifs is 1. The van der Waals surface area contributed by atoms with Crippen LogP contribution in [0, 0.1) is 6.92 Å². The number of hydrogen-bond donors (Lipinski definition) is 2. The van der Waals surface area contributed by atoms with Gasteiger partial charge in [-0.3, -0.25) is 9.59 Å². The van der Waals surface area contributed by atoms with Crippen LogP contribution in [0.1, 0.15) is 21.7 Å². The molecule has 2 amide bonds. The quantitative estimate of drug-likeness (QED) is 0.278. The van der Waals surface area contributed by atoms with E-state index in [2.05, 4.69) is 32.4 Å². The van der Waals surface area contributed by atoms with Gasteiger partial charge in [-0.15, -0.1) is 16.8 Å². The first-order chi connectivity index (χ1) is 16.0. The predicted molar refractivity (Wildman–Crippen MR) is 132 cm³/mol. The number of thiazole rings is 1. The molecule has 0 unspecified atom stereocenters. The van der Waals surface area contributed by atoms with Gasteiger partial charge >= 0.3 is 0 Å². The summed E-state index contributed by atoms with van der Waals surface area (Å²) in [5, 5.41) is 15.2. The molecule has 168 valence electrons. The molecule has 0 bridgehead atoms. The van der Waals surface area contributed by atoms with Crippen LogP contribution in [0.25, 0.3) is 10.2 Å². The molecule has 4 rings (SSSR count). The summed E-state index contributed by atoms with van der Waals surface area (Å²) in [4.78, 5) is 29.3. The number of rotatable bonds is 9. The van der Waals surface area contributed by atoms with Gasteiger partial charge in [0.15, 0.2) is 16.1 Å². The Balaban J connectivity index is 1.37. The summed E-state index contributed by atoms with van der Waals surface area (Å²) in [6.45, 7) is 6.40. The van der Waals surface area contributed by atoms with Crippen LogP contribution in [0.3, 0.4) is 0 Å². The number of carbonyl (C=O) groups excluding carboxylic acids is 2. The molecule has 2 N–H and O–H groups in total. The lowest BCUT2D eigenvalue weighted by atomic mass is 10.1. The SMILES string of the molecule is C=CCn1c(CNC(=O)c2cccc(C)c2)nnc1SCC(=O)Nc1nc2ccccc2s1. The summed E-state index contributed by atoms with van der Waals surface area (Å²) in [5.74, 6) is 0.378. The predicted octanol–water partition coefficient (Wildman–Crippen LogP) is 4.04. The molecule has 10 heteroatoms. The van der Waals surface area contributed by atoms with Crippen molar-refractivity contribution in [3.05, 3.63) is 78.1 Å². The number of hydrogen-bond acceptors (Lipinski definition) is 7. The maximum Gasteiger partial charge on any atom is 0.251 e. The summed E-state index contributed by atoms with van der Waals surface area (Å²) < 4.78 is 2.85. The van der Waals surface area contributed by atoms with Gasteiger partial charge in [-0.25, -0.2) is 4.98 Å². The molecular formula is C23H22N6O2S2. The Morgan fingerprint density at radius 2 is 2.03 bits per heavy atom. The van der Waals surface area contributed by atoms with Crippen LogP contribution in [-0.2, 0) is 17.9 Å². The normalized spacial score (nSPS) is 10.8. The number of para-hydroxylation sites is 1. The van der Waals surface area contributed by atoms with E-state index in [0.717, 1.165) is 15.8 Å². The Hall–Kier alpha value is -3.50. The van der Waals surface area contributed by atoms with Gasteiger partial charge in [0.1, 0.15) is 0 Å². The van der Waals surface area contributed by atoms with Crippen LogP contribution < -0.4 is 10.6 Å². The molecule has 0 radical (unpaired) electrons. The highest BCUT2D eigenvalue weighted by Crippen LogP contribution is 2.26. The molecule has 0 spiro atoms. The number of anilines is 1. The topological polar surface area (TPSA) is 102 Å². The Kier molecular flexibility index (Phi) is 7.16. The largest absolute Gasteiger partial charge is 0.345 e. The summed E-state index contributed by atoms with van der Waals surface area (Å²) >= 11 is 2.70. The third-order valence-electron chi connectivity index (χ3n) is 4.67. The van der Waals surface area contributed by atoms with E-state index in [-0.39, 0.29) is 24.1 Å². The molecule has 33 heavy (non-hydrogen) atoms. The number of nitrogens with one attached hydrogen (secondary N) is 2. The molecule has 0 saturated heterocycles. The monoisotopic (exact) mass is 478 g/mol. The van der Waals surface area contributed by atoms with E-state index in [4.69, 9.17) is 0 Å². The summed E-state index contributed by atoms with van der Waals surface area (Å²) in [7, 11) is 0. The highest BCUT2D eigenvalue weighted by Gasteiger charge is 2.16. The Morgan fingerprint density at radius 3 is 2.82 bits per heavy atom. The second-order valence-electron chi connectivity index (χ2n) is 7.17. The van der Waals surface area contributed by atoms with Crippen molar-refractivity contribution in [2.45, 2.75) is 25.2 Å². The average Bonchev–Trinajstić information content (AvgIpc) is 3.39. The minimum Gasteiger partial charge on any atom is -0.345 e. The molecule has 0 fully saturated rings. The van der Waals surface area contributed by atoms with Crippen LogP contribution in [-0.4, -0.2) is 37.3 Å². The maximum atomic E-state index is 12.4. The smallest absolute Gasteiger partial charge is 0.251 e. The molecule has 0 aliphatic heterocycles. The molecule has 0 atom stereocenters. The van der Waals surface area contributed by atoms with Crippen LogP contribution in [0.2, 0.25) is 0 Å². The fourth-order valence-corrected chi connectivity index (χ4v) is 4.78. The van der Waals surface area contributed by atoms with Gasteiger partial charge in [-0.05, 0) is 31.2 Å². The summed E-state index contributed by atoms with van der Waals surface area (Å²) in [5.41, 5.74) is 2.46. The summed E-state index contributed by atoms with van der Waals surface area (Å²) in [6.07, 6.45) is 1.72. The zero-order valence-corrected chi connectivity index (χ0v) is 19.6. The van der Waals surface area contributed by atoms with Gasteiger partial charge in [0, 0.05) is 12.1 Å². The molecule has 0 aliphatic rings. The van der Waals surface area contributed by atoms with Crippen molar-refractivity contribution >= 4 is 50.3 Å². The second-order valence-corrected chi connectivity index (χ2v) is 9.15. The number of allylic oxidation sites excluding steroid dienone is 1. The molecule has 8 nitrogen and oxygen atoms in total. The molecule has 0 saturated carbocycles. The zero-order chi connectivity index (χ0) is 23.2. The number of thioether (sulfide) groups is 1. The minimum absolute atomic E-state index is 0.154. The number of aryl methyl sites for hydroxylation is 1. The van der Waals surface area contributed by atoms with Gasteiger partial charge in [0.05, 0.1) is 22.5 Å². The van der Waals surface area contributed by atoms with Crippen molar-refractivity contribution in [1.29, 1.82) is 0 Å². The average molecular weight is 479 g/mol. The van der Waals surface area contributed by atoms with Gasteiger partial charge in [0.2, 0.25) is 5.91 Å². The molecule has 4 aromatic rings. The molecule has 0 aliphatic carbocycles. The first-order valence-corrected chi connectivity index (χ1v) is 12.0. The highest BCUT2D eigenvalue weighted by molar-refractivity contribution is 7.99. The Bertz CT molecular complexity index is 1280. The number of nitrogens with zero attached hydrogens (tertiary/aromatic N) is 4. The van der Waals surface area contributed by atoms with E-state index in [1.54, 1.807) is 12.1 Å². The Morgan fingerprint density at radius 1 is 1.18 bits per heavy atom. The van der Waals surface area contributed by atoms with Crippen molar-refractivity contribution in [2.24, 2.45) is 0 Å². The number of benzene rings is 2. The van der Waals surface area contributed by atoms with E-state index in [9.17, 15) is 9.59 Å². The number of amides is 2. The lowest BCUT2D eigenvalue weighted by Gasteiger charge is -2.09. The fraction of sp³-hybridized carbons (Fsp3) is 0.174. The van der Waals surface area contributed by atoms with Crippen molar-refractivity contribution in [2.75, 3.05) is 11.1 Å². The highest BCUT2D eigenvalue weighted by atomic mass is 32.2. The van der Waals surface area contributed by atoms with E-state index < -0.39 is 0 Å². The van der Waals surface area contributed by atoms with E-state index in [1.165, 1.54) is 23.1 Å². The first kappa shape index (κ1) is 22.7. The lowest BCUT2D eigenvalue weighted by molar-refractivity contribution is -0.113. The fourth-order valence-electron chi connectivity index (χ4n) is 3.13. The standard InChI is InChI=1S/C23H22N6O2S2/c1-3-11-29-19(13-24-21(31)16-8-6-7-15(2)12-16)27-28-23(29)32-14-20(30)26-22-25-17-9-4-5-10-18(17)33-22/h3-10,12H,1,11,13-14H2,2H3,(H,24,31)(H,25,26,30). The van der Waals surface area contributed by atoms with Gasteiger partial charge in [-0.2, -0.15) is 0 Å². The van der Waals surface area contributed by atoms with Gasteiger partial charge in [-0.1, -0.05) is 59.0 Å².